The molecule has 120 valence electrons. The Kier molecular flexibility index (Phi) is 6.23. The van der Waals surface area contributed by atoms with E-state index in [4.69, 9.17) is 5.73 Å². The molecule has 4 heteroatoms. The van der Waals surface area contributed by atoms with Gasteiger partial charge < -0.3 is 10.6 Å². The van der Waals surface area contributed by atoms with Crippen LogP contribution in [0.5, 0.6) is 0 Å². The van der Waals surface area contributed by atoms with Crippen LogP contribution in [0.1, 0.15) is 42.7 Å². The van der Waals surface area contributed by atoms with Gasteiger partial charge in [-0.3, -0.25) is 4.90 Å². The summed E-state index contributed by atoms with van der Waals surface area (Å²) in [6.07, 6.45) is 3.64. The molecule has 0 radical (unpaired) electrons. The zero-order valence-electron chi connectivity index (χ0n) is 14.0. The highest BCUT2D eigenvalue weighted by Gasteiger charge is 2.31. The van der Waals surface area contributed by atoms with Crippen molar-refractivity contribution in [3.8, 4) is 0 Å². The van der Waals surface area contributed by atoms with E-state index in [1.54, 1.807) is 0 Å². The van der Waals surface area contributed by atoms with E-state index in [9.17, 15) is 0 Å². The standard InChI is InChI=1S/C17H31N3S/c1-5-15(18)16(17-13(2)8-11-21-17)20-9-6-14(7-10-20)12-19(3)4/h8,11,14-16H,5-7,9-10,12,18H2,1-4H3. The van der Waals surface area contributed by atoms with Crippen LogP contribution in [0.3, 0.4) is 0 Å². The van der Waals surface area contributed by atoms with Crippen molar-refractivity contribution in [1.82, 2.24) is 9.80 Å². The molecule has 21 heavy (non-hydrogen) atoms. The fourth-order valence-electron chi connectivity index (χ4n) is 3.47. The van der Waals surface area contributed by atoms with E-state index in [-0.39, 0.29) is 6.04 Å². The summed E-state index contributed by atoms with van der Waals surface area (Å²) in [5.41, 5.74) is 7.89. The first kappa shape index (κ1) is 16.9. The van der Waals surface area contributed by atoms with Gasteiger partial charge in [0.05, 0.1) is 6.04 Å². The third-order valence-corrected chi connectivity index (χ3v) is 5.80. The van der Waals surface area contributed by atoms with Gasteiger partial charge in [0.2, 0.25) is 0 Å². The maximum atomic E-state index is 6.48. The van der Waals surface area contributed by atoms with Crippen molar-refractivity contribution in [3.63, 3.8) is 0 Å². The van der Waals surface area contributed by atoms with E-state index in [2.05, 4.69) is 49.2 Å². The average molecular weight is 310 g/mol. The number of piperidine rings is 1. The van der Waals surface area contributed by atoms with Gasteiger partial charge in [0.15, 0.2) is 0 Å². The quantitative estimate of drug-likeness (QED) is 0.876. The second-order valence-electron chi connectivity index (χ2n) is 6.73. The minimum atomic E-state index is 0.243. The van der Waals surface area contributed by atoms with Gasteiger partial charge in [-0.2, -0.15) is 0 Å². The molecule has 2 atom stereocenters. The lowest BCUT2D eigenvalue weighted by atomic mass is 9.92. The molecule has 1 aromatic rings. The molecule has 1 fully saturated rings. The van der Waals surface area contributed by atoms with Crippen LogP contribution in [-0.4, -0.2) is 49.6 Å². The maximum absolute atomic E-state index is 6.48. The smallest absolute Gasteiger partial charge is 0.0596 e. The summed E-state index contributed by atoms with van der Waals surface area (Å²) in [5, 5.41) is 2.21. The number of thiophene rings is 1. The van der Waals surface area contributed by atoms with Crippen molar-refractivity contribution in [2.75, 3.05) is 33.7 Å². The Balaban J connectivity index is 2.05. The third-order valence-electron chi connectivity index (χ3n) is 4.71. The third kappa shape index (κ3) is 4.28. The highest BCUT2D eigenvalue weighted by Crippen LogP contribution is 2.34. The number of nitrogens with two attached hydrogens (primary N) is 1. The predicted molar refractivity (Wildman–Crippen MR) is 92.9 cm³/mol. The van der Waals surface area contributed by atoms with E-state index in [1.165, 1.54) is 42.9 Å². The van der Waals surface area contributed by atoms with Crippen molar-refractivity contribution in [1.29, 1.82) is 0 Å². The lowest BCUT2D eigenvalue weighted by Crippen LogP contribution is -2.45. The minimum absolute atomic E-state index is 0.243. The molecule has 1 aliphatic heterocycles. The van der Waals surface area contributed by atoms with Crippen LogP contribution in [0.2, 0.25) is 0 Å². The second kappa shape index (κ2) is 7.73. The highest BCUT2D eigenvalue weighted by molar-refractivity contribution is 7.10. The van der Waals surface area contributed by atoms with Crippen molar-refractivity contribution < 1.29 is 0 Å². The molecular formula is C17H31N3S. The van der Waals surface area contributed by atoms with Crippen LogP contribution in [0.15, 0.2) is 11.4 Å². The first-order chi connectivity index (χ1) is 10.0. The number of hydrogen-bond acceptors (Lipinski definition) is 4. The van der Waals surface area contributed by atoms with Gasteiger partial charge in [0, 0.05) is 17.5 Å². The van der Waals surface area contributed by atoms with E-state index in [0.29, 0.717) is 6.04 Å². The molecule has 0 aliphatic carbocycles. The fraction of sp³-hybridized carbons (Fsp3) is 0.765. The van der Waals surface area contributed by atoms with E-state index in [0.717, 1.165) is 12.3 Å². The SMILES string of the molecule is CCC(N)C(c1sccc1C)N1CCC(CN(C)C)CC1. The van der Waals surface area contributed by atoms with Gasteiger partial charge in [0.25, 0.3) is 0 Å². The van der Waals surface area contributed by atoms with Gasteiger partial charge in [0.1, 0.15) is 0 Å². The summed E-state index contributed by atoms with van der Waals surface area (Å²) >= 11 is 1.88. The van der Waals surface area contributed by atoms with E-state index >= 15 is 0 Å². The largest absolute Gasteiger partial charge is 0.326 e. The maximum Gasteiger partial charge on any atom is 0.0596 e. The number of nitrogens with zero attached hydrogens (tertiary/aromatic N) is 2. The predicted octanol–water partition coefficient (Wildman–Crippen LogP) is 3.11. The fourth-order valence-corrected chi connectivity index (χ4v) is 4.61. The number of aryl methyl sites for hydroxylation is 1. The Morgan fingerprint density at radius 1 is 1.38 bits per heavy atom. The molecular weight excluding hydrogens is 278 g/mol. The Morgan fingerprint density at radius 2 is 2.05 bits per heavy atom. The molecule has 0 amide bonds. The highest BCUT2D eigenvalue weighted by atomic mass is 32.1. The molecule has 3 nitrogen and oxygen atoms in total. The first-order valence-electron chi connectivity index (χ1n) is 8.21. The second-order valence-corrected chi connectivity index (χ2v) is 7.67. The summed E-state index contributed by atoms with van der Waals surface area (Å²) in [5.74, 6) is 0.846. The van der Waals surface area contributed by atoms with Gasteiger partial charge in [-0.1, -0.05) is 6.92 Å². The Morgan fingerprint density at radius 3 is 2.52 bits per heavy atom. The number of rotatable bonds is 6. The van der Waals surface area contributed by atoms with Crippen molar-refractivity contribution in [2.24, 2.45) is 11.7 Å². The Bertz CT molecular complexity index is 421. The van der Waals surface area contributed by atoms with Crippen molar-refractivity contribution >= 4 is 11.3 Å². The zero-order valence-corrected chi connectivity index (χ0v) is 14.8. The van der Waals surface area contributed by atoms with Crippen LogP contribution < -0.4 is 5.73 Å². The molecule has 0 aromatic carbocycles. The summed E-state index contributed by atoms with van der Waals surface area (Å²) < 4.78 is 0. The topological polar surface area (TPSA) is 32.5 Å². The Hall–Kier alpha value is -0.420. The molecule has 0 spiro atoms. The lowest BCUT2D eigenvalue weighted by Gasteiger charge is -2.40. The number of likely N-dealkylation sites (tertiary alicyclic amines) is 1. The van der Waals surface area contributed by atoms with Crippen LogP contribution in [0.4, 0.5) is 0 Å². The molecule has 1 aromatic heterocycles. The Labute approximate surface area is 134 Å². The van der Waals surface area contributed by atoms with Crippen LogP contribution in [0, 0.1) is 12.8 Å². The average Bonchev–Trinajstić information content (AvgIpc) is 2.86. The molecule has 0 saturated carbocycles. The van der Waals surface area contributed by atoms with Gasteiger partial charge in [-0.25, -0.2) is 0 Å². The van der Waals surface area contributed by atoms with Crippen molar-refractivity contribution in [3.05, 3.63) is 21.9 Å². The van der Waals surface area contributed by atoms with Crippen LogP contribution in [-0.2, 0) is 0 Å². The molecule has 2 heterocycles. The molecule has 2 N–H and O–H groups in total. The monoisotopic (exact) mass is 309 g/mol. The first-order valence-corrected chi connectivity index (χ1v) is 9.09. The molecule has 2 rings (SSSR count). The normalized spacial score (nSPS) is 20.9. The summed E-state index contributed by atoms with van der Waals surface area (Å²) in [6, 6.07) is 2.89. The van der Waals surface area contributed by atoms with Gasteiger partial charge in [-0.05, 0) is 76.3 Å². The van der Waals surface area contributed by atoms with Crippen molar-refractivity contribution in [2.45, 2.75) is 45.2 Å². The summed E-state index contributed by atoms with van der Waals surface area (Å²) in [6.45, 7) is 8.03. The minimum Gasteiger partial charge on any atom is -0.326 e. The molecule has 0 bridgehead atoms. The molecule has 1 saturated heterocycles. The van der Waals surface area contributed by atoms with Gasteiger partial charge in [-0.15, -0.1) is 11.3 Å². The summed E-state index contributed by atoms with van der Waals surface area (Å²) in [7, 11) is 4.36. The molecule has 1 aliphatic rings. The summed E-state index contributed by atoms with van der Waals surface area (Å²) in [4.78, 5) is 6.44. The van der Waals surface area contributed by atoms with Gasteiger partial charge >= 0.3 is 0 Å². The van der Waals surface area contributed by atoms with E-state index < -0.39 is 0 Å². The zero-order chi connectivity index (χ0) is 15.4. The van der Waals surface area contributed by atoms with E-state index in [1.807, 2.05) is 11.3 Å². The number of hydrogen-bond donors (Lipinski definition) is 1. The lowest BCUT2D eigenvalue weighted by molar-refractivity contribution is 0.106. The van der Waals surface area contributed by atoms with Crippen LogP contribution in [0.25, 0.3) is 0 Å². The molecule has 2 unspecified atom stereocenters. The van der Waals surface area contributed by atoms with Crippen LogP contribution >= 0.6 is 11.3 Å².